The van der Waals surface area contributed by atoms with Crippen LogP contribution in [-0.2, 0) is 14.3 Å². The molecule has 7 nitrogen and oxygen atoms in total. The van der Waals surface area contributed by atoms with E-state index in [2.05, 4.69) is 5.32 Å². The molecule has 27 heavy (non-hydrogen) atoms. The van der Waals surface area contributed by atoms with E-state index in [-0.39, 0.29) is 17.1 Å². The zero-order chi connectivity index (χ0) is 20.0. The fraction of sp³-hybridized carbons (Fsp3) is 0.263. The second kappa shape index (κ2) is 9.18. The van der Waals surface area contributed by atoms with Crippen LogP contribution in [0.25, 0.3) is 0 Å². The molecule has 2 rings (SSSR count). The number of benzene rings is 2. The third-order valence-electron chi connectivity index (χ3n) is 3.75. The van der Waals surface area contributed by atoms with Crippen LogP contribution >= 0.6 is 11.8 Å². The van der Waals surface area contributed by atoms with Gasteiger partial charge in [0.05, 0.1) is 10.7 Å². The normalized spacial score (nSPS) is 10.3. The van der Waals surface area contributed by atoms with Crippen LogP contribution in [0.2, 0.25) is 0 Å². The Morgan fingerprint density at radius 3 is 2.56 bits per heavy atom. The minimum atomic E-state index is -0.628. The van der Waals surface area contributed by atoms with Crippen molar-refractivity contribution in [1.82, 2.24) is 0 Å². The highest BCUT2D eigenvalue weighted by molar-refractivity contribution is 8.00. The number of nitro groups is 1. The number of para-hydroxylation sites is 1. The summed E-state index contributed by atoms with van der Waals surface area (Å²) in [4.78, 5) is 35.3. The van der Waals surface area contributed by atoms with Gasteiger partial charge < -0.3 is 10.1 Å². The topological polar surface area (TPSA) is 98.5 Å². The number of hydrogen-bond acceptors (Lipinski definition) is 6. The van der Waals surface area contributed by atoms with Crippen molar-refractivity contribution in [2.75, 3.05) is 17.7 Å². The molecule has 0 aliphatic heterocycles. The molecule has 0 fully saturated rings. The first-order valence-electron chi connectivity index (χ1n) is 8.17. The van der Waals surface area contributed by atoms with E-state index in [9.17, 15) is 19.7 Å². The van der Waals surface area contributed by atoms with Crippen molar-refractivity contribution < 1.29 is 19.2 Å². The number of ether oxygens (including phenoxy) is 1. The van der Waals surface area contributed by atoms with Gasteiger partial charge in [-0.2, -0.15) is 0 Å². The number of nitro benzene ring substituents is 1. The Kier molecular flexibility index (Phi) is 6.95. The van der Waals surface area contributed by atoms with Gasteiger partial charge in [0.15, 0.2) is 6.61 Å². The maximum atomic E-state index is 12.0. The Balaban J connectivity index is 1.87. The lowest BCUT2D eigenvalue weighted by Crippen LogP contribution is -2.22. The smallest absolute Gasteiger partial charge is 0.316 e. The van der Waals surface area contributed by atoms with Gasteiger partial charge in [0.1, 0.15) is 5.69 Å². The molecule has 0 atom stereocenters. The van der Waals surface area contributed by atoms with E-state index < -0.39 is 23.4 Å². The summed E-state index contributed by atoms with van der Waals surface area (Å²) in [5.41, 5.74) is 2.65. The fourth-order valence-electron chi connectivity index (χ4n) is 2.43. The largest absolute Gasteiger partial charge is 0.455 e. The van der Waals surface area contributed by atoms with Crippen molar-refractivity contribution in [3.8, 4) is 0 Å². The second-order valence-corrected chi connectivity index (χ2v) is 7.01. The number of hydrogen-bond donors (Lipinski definition) is 1. The predicted octanol–water partition coefficient (Wildman–Crippen LogP) is 3.79. The lowest BCUT2D eigenvalue weighted by atomic mass is 10.1. The molecule has 2 aromatic carbocycles. The standard InChI is InChI=1S/C19H20N2O5S/c1-12-7-8-16(14(3)9-12)27-11-18(23)26-10-17(22)20-19-13(2)5-4-6-15(19)21(24)25/h4-9H,10-11H2,1-3H3,(H,20,22). The SMILES string of the molecule is Cc1ccc(SCC(=O)OCC(=O)Nc2c(C)cccc2[N+](=O)[O-])c(C)c1. The molecule has 1 N–H and O–H groups in total. The Morgan fingerprint density at radius 2 is 1.89 bits per heavy atom. The van der Waals surface area contributed by atoms with Gasteiger partial charge in [-0.15, -0.1) is 11.8 Å². The summed E-state index contributed by atoms with van der Waals surface area (Å²) < 4.78 is 4.96. The number of esters is 1. The van der Waals surface area contributed by atoms with E-state index in [1.807, 2.05) is 32.0 Å². The number of rotatable bonds is 7. The summed E-state index contributed by atoms with van der Waals surface area (Å²) in [6.45, 7) is 5.10. The van der Waals surface area contributed by atoms with Crippen molar-refractivity contribution in [3.63, 3.8) is 0 Å². The average Bonchev–Trinajstić information content (AvgIpc) is 2.60. The zero-order valence-corrected chi connectivity index (χ0v) is 16.1. The third-order valence-corrected chi connectivity index (χ3v) is 4.90. The summed E-state index contributed by atoms with van der Waals surface area (Å²) in [6.07, 6.45) is 0. The average molecular weight is 388 g/mol. The Morgan fingerprint density at radius 1 is 1.15 bits per heavy atom. The van der Waals surface area contributed by atoms with Gasteiger partial charge in [0.2, 0.25) is 0 Å². The van der Waals surface area contributed by atoms with Crippen molar-refractivity contribution >= 4 is 35.0 Å². The molecule has 0 bridgehead atoms. The van der Waals surface area contributed by atoms with Gasteiger partial charge in [-0.05, 0) is 38.0 Å². The maximum Gasteiger partial charge on any atom is 0.316 e. The summed E-state index contributed by atoms with van der Waals surface area (Å²) in [7, 11) is 0. The lowest BCUT2D eigenvalue weighted by Gasteiger charge is -2.10. The molecule has 0 aliphatic carbocycles. The molecule has 0 aliphatic rings. The fourth-order valence-corrected chi connectivity index (χ4v) is 3.24. The number of nitrogens with one attached hydrogen (secondary N) is 1. The second-order valence-electron chi connectivity index (χ2n) is 5.99. The quantitative estimate of drug-likeness (QED) is 0.335. The van der Waals surface area contributed by atoms with E-state index in [0.29, 0.717) is 5.56 Å². The molecule has 0 saturated carbocycles. The first kappa shape index (κ1) is 20.4. The number of aryl methyl sites for hydroxylation is 3. The van der Waals surface area contributed by atoms with Crippen LogP contribution in [0.5, 0.6) is 0 Å². The molecule has 0 aromatic heterocycles. The Bertz CT molecular complexity index is 882. The van der Waals surface area contributed by atoms with E-state index in [1.165, 1.54) is 23.9 Å². The van der Waals surface area contributed by atoms with E-state index >= 15 is 0 Å². The highest BCUT2D eigenvalue weighted by Gasteiger charge is 2.18. The Labute approximate surface area is 161 Å². The monoisotopic (exact) mass is 388 g/mol. The molecular weight excluding hydrogens is 368 g/mol. The highest BCUT2D eigenvalue weighted by atomic mass is 32.2. The molecular formula is C19H20N2O5S. The van der Waals surface area contributed by atoms with E-state index in [0.717, 1.165) is 16.0 Å². The summed E-state index contributed by atoms with van der Waals surface area (Å²) in [6, 6.07) is 10.4. The molecule has 8 heteroatoms. The molecule has 2 aromatic rings. The van der Waals surface area contributed by atoms with Crippen molar-refractivity contribution in [2.45, 2.75) is 25.7 Å². The Hall–Kier alpha value is -2.87. The van der Waals surface area contributed by atoms with E-state index in [4.69, 9.17) is 4.74 Å². The number of carbonyl (C=O) groups excluding carboxylic acids is 2. The third kappa shape index (κ3) is 5.82. The van der Waals surface area contributed by atoms with Gasteiger partial charge in [0, 0.05) is 11.0 Å². The maximum absolute atomic E-state index is 12.0. The van der Waals surface area contributed by atoms with Gasteiger partial charge in [0.25, 0.3) is 11.6 Å². The van der Waals surface area contributed by atoms with E-state index in [1.54, 1.807) is 13.0 Å². The minimum Gasteiger partial charge on any atom is -0.455 e. The van der Waals surface area contributed by atoms with Crippen molar-refractivity contribution in [1.29, 1.82) is 0 Å². The number of thioether (sulfide) groups is 1. The van der Waals surface area contributed by atoms with Crippen LogP contribution < -0.4 is 5.32 Å². The summed E-state index contributed by atoms with van der Waals surface area (Å²) in [5, 5.41) is 13.5. The summed E-state index contributed by atoms with van der Waals surface area (Å²) in [5.74, 6) is -1.09. The van der Waals surface area contributed by atoms with Gasteiger partial charge in [-0.1, -0.05) is 29.8 Å². The first-order chi connectivity index (χ1) is 12.8. The highest BCUT2D eigenvalue weighted by Crippen LogP contribution is 2.27. The molecule has 1 amide bonds. The molecule has 0 radical (unpaired) electrons. The number of carbonyl (C=O) groups is 2. The molecule has 0 unspecified atom stereocenters. The van der Waals surface area contributed by atoms with Crippen LogP contribution in [0, 0.1) is 30.9 Å². The van der Waals surface area contributed by atoms with Gasteiger partial charge >= 0.3 is 5.97 Å². The van der Waals surface area contributed by atoms with Crippen molar-refractivity contribution in [3.05, 3.63) is 63.2 Å². The molecule has 0 spiro atoms. The molecule has 0 heterocycles. The van der Waals surface area contributed by atoms with Crippen LogP contribution in [0.3, 0.4) is 0 Å². The zero-order valence-electron chi connectivity index (χ0n) is 15.3. The van der Waals surface area contributed by atoms with Crippen LogP contribution in [-0.4, -0.2) is 29.2 Å². The predicted molar refractivity (Wildman–Crippen MR) is 104 cm³/mol. The summed E-state index contributed by atoms with van der Waals surface area (Å²) >= 11 is 1.33. The van der Waals surface area contributed by atoms with Crippen molar-refractivity contribution in [2.24, 2.45) is 0 Å². The number of nitrogens with zero attached hydrogens (tertiary/aromatic N) is 1. The first-order valence-corrected chi connectivity index (χ1v) is 9.16. The van der Waals surface area contributed by atoms with Crippen LogP contribution in [0.15, 0.2) is 41.3 Å². The van der Waals surface area contributed by atoms with Gasteiger partial charge in [-0.3, -0.25) is 19.7 Å². The number of amides is 1. The van der Waals surface area contributed by atoms with Crippen LogP contribution in [0.1, 0.15) is 16.7 Å². The number of anilines is 1. The van der Waals surface area contributed by atoms with Crippen LogP contribution in [0.4, 0.5) is 11.4 Å². The molecule has 0 saturated heterocycles. The molecule has 142 valence electrons. The van der Waals surface area contributed by atoms with Gasteiger partial charge in [-0.25, -0.2) is 0 Å². The minimum absolute atomic E-state index is 0.0711. The lowest BCUT2D eigenvalue weighted by molar-refractivity contribution is -0.384.